The molecule has 12 heavy (non-hydrogen) atoms. The van der Waals surface area contributed by atoms with Gasteiger partial charge in [0.05, 0.1) is 0 Å². The van der Waals surface area contributed by atoms with E-state index in [0.29, 0.717) is 5.41 Å². The third-order valence-corrected chi connectivity index (χ3v) is 3.77. The van der Waals surface area contributed by atoms with E-state index >= 15 is 0 Å². The maximum atomic E-state index is 5.76. The van der Waals surface area contributed by atoms with Crippen molar-refractivity contribution >= 4 is 0 Å². The van der Waals surface area contributed by atoms with E-state index in [-0.39, 0.29) is 0 Å². The number of hydrogen-bond donors (Lipinski definition) is 1. The number of nitrogens with zero attached hydrogens (tertiary/aromatic N) is 1. The molecule has 0 aromatic carbocycles. The molecule has 2 aliphatic rings. The van der Waals surface area contributed by atoms with Gasteiger partial charge < -0.3 is 0 Å². The summed E-state index contributed by atoms with van der Waals surface area (Å²) in [6, 6.07) is 0. The zero-order chi connectivity index (χ0) is 8.44. The predicted molar refractivity (Wildman–Crippen MR) is 50.5 cm³/mol. The maximum absolute atomic E-state index is 5.76. The van der Waals surface area contributed by atoms with Crippen LogP contribution < -0.4 is 5.84 Å². The quantitative estimate of drug-likeness (QED) is 0.560. The summed E-state index contributed by atoms with van der Waals surface area (Å²) in [7, 11) is 0. The molecule has 2 fully saturated rings. The fourth-order valence-corrected chi connectivity index (χ4v) is 2.80. The highest BCUT2D eigenvalue weighted by Gasteiger charge is 2.34. The Bertz CT molecular complexity index is 140. The lowest BCUT2D eigenvalue weighted by molar-refractivity contribution is 0.0680. The van der Waals surface area contributed by atoms with Gasteiger partial charge in [-0.05, 0) is 31.1 Å². The molecule has 0 aromatic rings. The van der Waals surface area contributed by atoms with Crippen molar-refractivity contribution in [3.63, 3.8) is 0 Å². The van der Waals surface area contributed by atoms with E-state index < -0.39 is 0 Å². The maximum Gasteiger partial charge on any atom is 0.0133 e. The van der Waals surface area contributed by atoms with Crippen LogP contribution in [0.1, 0.15) is 44.9 Å². The van der Waals surface area contributed by atoms with Gasteiger partial charge in [-0.25, -0.2) is 5.01 Å². The summed E-state index contributed by atoms with van der Waals surface area (Å²) < 4.78 is 0. The highest BCUT2D eigenvalue weighted by Crippen LogP contribution is 2.43. The van der Waals surface area contributed by atoms with Gasteiger partial charge in [0.25, 0.3) is 0 Å². The zero-order valence-corrected chi connectivity index (χ0v) is 7.89. The minimum absolute atomic E-state index is 0.716. The molecule has 1 spiro atoms. The van der Waals surface area contributed by atoms with Crippen molar-refractivity contribution in [3.05, 3.63) is 0 Å². The van der Waals surface area contributed by atoms with Crippen LogP contribution in [-0.4, -0.2) is 18.1 Å². The first-order chi connectivity index (χ1) is 5.81. The first kappa shape index (κ1) is 8.52. The van der Waals surface area contributed by atoms with Crippen molar-refractivity contribution in [1.29, 1.82) is 0 Å². The van der Waals surface area contributed by atoms with Gasteiger partial charge in [-0.2, -0.15) is 0 Å². The second kappa shape index (κ2) is 3.35. The van der Waals surface area contributed by atoms with E-state index in [9.17, 15) is 0 Å². The van der Waals surface area contributed by atoms with Crippen molar-refractivity contribution in [2.45, 2.75) is 44.9 Å². The smallest absolute Gasteiger partial charge is 0.0133 e. The standard InChI is InChI=1S/C10H20N2/c11-12-8-6-10(7-9-12)4-2-1-3-5-10/h1-9,11H2. The van der Waals surface area contributed by atoms with Crippen LogP contribution >= 0.6 is 0 Å². The molecule has 70 valence electrons. The lowest BCUT2D eigenvalue weighted by Crippen LogP contribution is -2.44. The summed E-state index contributed by atoms with van der Waals surface area (Å²) in [5.41, 5.74) is 0.716. The van der Waals surface area contributed by atoms with Gasteiger partial charge in [-0.3, -0.25) is 5.84 Å². The molecular formula is C10H20N2. The predicted octanol–water partition coefficient (Wildman–Crippen LogP) is 1.91. The third kappa shape index (κ3) is 1.64. The number of rotatable bonds is 0. The minimum Gasteiger partial charge on any atom is -0.269 e. The molecule has 1 heterocycles. The summed E-state index contributed by atoms with van der Waals surface area (Å²) in [4.78, 5) is 0. The van der Waals surface area contributed by atoms with E-state index in [1.54, 1.807) is 0 Å². The normalized spacial score (nSPS) is 30.8. The van der Waals surface area contributed by atoms with Crippen molar-refractivity contribution in [2.75, 3.05) is 13.1 Å². The molecule has 0 amide bonds. The Balaban J connectivity index is 1.92. The lowest BCUT2D eigenvalue weighted by atomic mass is 9.68. The molecule has 0 radical (unpaired) electrons. The van der Waals surface area contributed by atoms with Crippen LogP contribution in [0.15, 0.2) is 0 Å². The minimum atomic E-state index is 0.716. The Morgan fingerprint density at radius 3 is 2.00 bits per heavy atom. The molecule has 0 unspecified atom stereocenters. The molecule has 1 saturated carbocycles. The Morgan fingerprint density at radius 1 is 0.833 bits per heavy atom. The van der Waals surface area contributed by atoms with Crippen molar-refractivity contribution < 1.29 is 0 Å². The molecule has 0 aromatic heterocycles. The Morgan fingerprint density at radius 2 is 1.42 bits per heavy atom. The average molecular weight is 168 g/mol. The molecule has 2 N–H and O–H groups in total. The molecule has 1 aliphatic heterocycles. The highest BCUT2D eigenvalue weighted by atomic mass is 15.4. The van der Waals surface area contributed by atoms with Crippen molar-refractivity contribution in [3.8, 4) is 0 Å². The molecule has 2 rings (SSSR count). The summed E-state index contributed by atoms with van der Waals surface area (Å²) in [5.74, 6) is 5.76. The van der Waals surface area contributed by atoms with Crippen LogP contribution in [0, 0.1) is 5.41 Å². The number of nitrogens with two attached hydrogens (primary N) is 1. The van der Waals surface area contributed by atoms with Crippen LogP contribution in [0.4, 0.5) is 0 Å². The number of piperidine rings is 1. The first-order valence-corrected chi connectivity index (χ1v) is 5.30. The topological polar surface area (TPSA) is 29.3 Å². The van der Waals surface area contributed by atoms with Crippen molar-refractivity contribution in [2.24, 2.45) is 11.3 Å². The van der Waals surface area contributed by atoms with E-state index in [1.807, 2.05) is 5.01 Å². The summed E-state index contributed by atoms with van der Waals surface area (Å²) >= 11 is 0. The summed E-state index contributed by atoms with van der Waals surface area (Å²) in [5, 5.41) is 1.99. The SMILES string of the molecule is NN1CCC2(CCCCC2)CC1. The van der Waals surface area contributed by atoms with E-state index in [0.717, 1.165) is 13.1 Å². The van der Waals surface area contributed by atoms with Crippen LogP contribution in [0.25, 0.3) is 0 Å². The Kier molecular flexibility index (Phi) is 2.37. The number of hydrazine groups is 1. The van der Waals surface area contributed by atoms with Gasteiger partial charge in [-0.1, -0.05) is 19.3 Å². The first-order valence-electron chi connectivity index (χ1n) is 5.30. The zero-order valence-electron chi connectivity index (χ0n) is 7.89. The van der Waals surface area contributed by atoms with E-state index in [4.69, 9.17) is 5.84 Å². The Labute approximate surface area is 75.1 Å². The molecule has 1 aliphatic carbocycles. The second-order valence-corrected chi connectivity index (χ2v) is 4.60. The van der Waals surface area contributed by atoms with E-state index in [1.165, 1.54) is 44.9 Å². The van der Waals surface area contributed by atoms with Gasteiger partial charge in [0, 0.05) is 13.1 Å². The van der Waals surface area contributed by atoms with Crippen molar-refractivity contribution in [1.82, 2.24) is 5.01 Å². The van der Waals surface area contributed by atoms with Gasteiger partial charge in [0.2, 0.25) is 0 Å². The average Bonchev–Trinajstić information content (AvgIpc) is 2.13. The van der Waals surface area contributed by atoms with Crippen LogP contribution in [0.5, 0.6) is 0 Å². The van der Waals surface area contributed by atoms with Crippen LogP contribution in [-0.2, 0) is 0 Å². The monoisotopic (exact) mass is 168 g/mol. The largest absolute Gasteiger partial charge is 0.269 e. The number of hydrogen-bond acceptors (Lipinski definition) is 2. The molecule has 2 heteroatoms. The van der Waals surface area contributed by atoms with E-state index in [2.05, 4.69) is 0 Å². The highest BCUT2D eigenvalue weighted by molar-refractivity contribution is 4.86. The summed E-state index contributed by atoms with van der Waals surface area (Å²) in [6.07, 6.45) is 10.0. The fourth-order valence-electron chi connectivity index (χ4n) is 2.80. The van der Waals surface area contributed by atoms with Gasteiger partial charge in [0.15, 0.2) is 0 Å². The molecule has 2 nitrogen and oxygen atoms in total. The lowest BCUT2D eigenvalue weighted by Gasteiger charge is -2.43. The molecular weight excluding hydrogens is 148 g/mol. The second-order valence-electron chi connectivity index (χ2n) is 4.60. The summed E-state index contributed by atoms with van der Waals surface area (Å²) in [6.45, 7) is 2.25. The van der Waals surface area contributed by atoms with Crippen LogP contribution in [0.2, 0.25) is 0 Å². The van der Waals surface area contributed by atoms with Gasteiger partial charge >= 0.3 is 0 Å². The molecule has 0 atom stereocenters. The molecule has 1 saturated heterocycles. The molecule has 0 bridgehead atoms. The fraction of sp³-hybridized carbons (Fsp3) is 1.00. The third-order valence-electron chi connectivity index (χ3n) is 3.77. The van der Waals surface area contributed by atoms with Gasteiger partial charge in [0.1, 0.15) is 0 Å². The van der Waals surface area contributed by atoms with Crippen LogP contribution in [0.3, 0.4) is 0 Å². The van der Waals surface area contributed by atoms with Gasteiger partial charge in [-0.15, -0.1) is 0 Å². The Hall–Kier alpha value is -0.0800.